The number of carbonyl (C=O) groups is 3. The normalized spacial score (nSPS) is 16.0. The number of carbonyl (C=O) groups excluding carboxylic acids is 3. The maximum absolute atomic E-state index is 14.0. The second kappa shape index (κ2) is 14.2. The number of rotatable bonds is 11. The van der Waals surface area contributed by atoms with Crippen molar-refractivity contribution in [3.8, 4) is 0 Å². The molecule has 2 unspecified atom stereocenters. The molecule has 0 aliphatic heterocycles. The summed E-state index contributed by atoms with van der Waals surface area (Å²) in [6.07, 6.45) is 7.51. The lowest BCUT2D eigenvalue weighted by atomic mass is 9.94. The minimum Gasteiger partial charge on any atom is -0.444 e. The number of aryl methyl sites for hydroxylation is 1. The van der Waals surface area contributed by atoms with Gasteiger partial charge in [0.1, 0.15) is 17.7 Å². The Labute approximate surface area is 223 Å². The molecule has 0 bridgehead atoms. The third-order valence-electron chi connectivity index (χ3n) is 6.52. The van der Waals surface area contributed by atoms with Crippen molar-refractivity contribution >= 4 is 17.9 Å². The number of nitrogens with zero attached hydrogens (tertiary/aromatic N) is 1. The summed E-state index contributed by atoms with van der Waals surface area (Å²) >= 11 is 0. The summed E-state index contributed by atoms with van der Waals surface area (Å²) in [6.45, 7) is 15.4. The van der Waals surface area contributed by atoms with Crippen LogP contribution in [0.1, 0.15) is 97.2 Å². The quantitative estimate of drug-likeness (QED) is 0.372. The van der Waals surface area contributed by atoms with Gasteiger partial charge in [-0.2, -0.15) is 0 Å². The fraction of sp³-hybridized carbons (Fsp3) is 0.633. The largest absolute Gasteiger partial charge is 0.444 e. The van der Waals surface area contributed by atoms with E-state index < -0.39 is 23.8 Å². The molecule has 7 heteroatoms. The van der Waals surface area contributed by atoms with Gasteiger partial charge in [0.05, 0.1) is 0 Å². The van der Waals surface area contributed by atoms with Crippen molar-refractivity contribution in [2.75, 3.05) is 6.54 Å². The molecule has 0 heterocycles. The van der Waals surface area contributed by atoms with Crippen molar-refractivity contribution in [1.82, 2.24) is 15.5 Å². The Morgan fingerprint density at radius 3 is 2.24 bits per heavy atom. The van der Waals surface area contributed by atoms with Crippen molar-refractivity contribution < 1.29 is 19.1 Å². The topological polar surface area (TPSA) is 87.7 Å². The maximum Gasteiger partial charge on any atom is 0.408 e. The van der Waals surface area contributed by atoms with E-state index in [1.54, 1.807) is 26.8 Å². The van der Waals surface area contributed by atoms with Crippen LogP contribution in [0, 0.1) is 5.92 Å². The third-order valence-corrected chi connectivity index (χ3v) is 6.52. The second-order valence-electron chi connectivity index (χ2n) is 11.4. The molecule has 0 radical (unpaired) electrons. The number of hydrogen-bond donors (Lipinski definition) is 2. The molecule has 37 heavy (non-hydrogen) atoms. The molecular weight excluding hydrogens is 466 g/mol. The summed E-state index contributed by atoms with van der Waals surface area (Å²) in [5.41, 5.74) is 1.20. The average Bonchev–Trinajstić information content (AvgIpc) is 2.82. The Morgan fingerprint density at radius 1 is 1.11 bits per heavy atom. The van der Waals surface area contributed by atoms with Crippen molar-refractivity contribution in [3.05, 3.63) is 48.0 Å². The molecule has 1 saturated carbocycles. The zero-order chi connectivity index (χ0) is 27.6. The molecule has 206 valence electrons. The third kappa shape index (κ3) is 9.86. The smallest absolute Gasteiger partial charge is 0.408 e. The van der Waals surface area contributed by atoms with Gasteiger partial charge in [0.25, 0.3) is 0 Å². The molecule has 0 saturated heterocycles. The molecule has 2 N–H and O–H groups in total. The SMILES string of the molecule is C=CCN(C(=O)C(CC(C)C)NC(=O)OC(C)(C)C)C(C(=O)NC1CCCCC1)c1ccc(CC)cc1. The van der Waals surface area contributed by atoms with Crippen molar-refractivity contribution in [1.29, 1.82) is 0 Å². The summed E-state index contributed by atoms with van der Waals surface area (Å²) in [7, 11) is 0. The van der Waals surface area contributed by atoms with E-state index in [1.165, 1.54) is 11.3 Å². The highest BCUT2D eigenvalue weighted by atomic mass is 16.6. The standard InChI is InChI=1S/C30H47N3O4/c1-8-19-33(28(35)25(20-21(3)4)32-29(36)37-30(5,6)7)26(23-17-15-22(9-2)16-18-23)27(34)31-24-13-11-10-12-14-24/h8,15-18,21,24-26H,1,9-14,19-20H2,2-7H3,(H,31,34)(H,32,36). The summed E-state index contributed by atoms with van der Waals surface area (Å²) in [5, 5.41) is 5.98. The van der Waals surface area contributed by atoms with Gasteiger partial charge in [0, 0.05) is 12.6 Å². The minimum absolute atomic E-state index is 0.102. The maximum atomic E-state index is 14.0. The van der Waals surface area contributed by atoms with Crippen molar-refractivity contribution in [3.63, 3.8) is 0 Å². The van der Waals surface area contributed by atoms with E-state index in [0.29, 0.717) is 6.42 Å². The van der Waals surface area contributed by atoms with Crippen LogP contribution in [0.15, 0.2) is 36.9 Å². The fourth-order valence-corrected chi connectivity index (χ4v) is 4.74. The molecule has 0 aromatic heterocycles. The van der Waals surface area contributed by atoms with Gasteiger partial charge in [-0.1, -0.05) is 70.4 Å². The van der Waals surface area contributed by atoms with E-state index in [4.69, 9.17) is 4.74 Å². The van der Waals surface area contributed by atoms with Gasteiger partial charge in [0.15, 0.2) is 0 Å². The lowest BCUT2D eigenvalue weighted by Gasteiger charge is -2.35. The molecule has 1 aromatic carbocycles. The Morgan fingerprint density at radius 2 is 1.73 bits per heavy atom. The van der Waals surface area contributed by atoms with Crippen molar-refractivity contribution in [2.45, 2.75) is 110 Å². The highest BCUT2D eigenvalue weighted by molar-refractivity contribution is 5.92. The Balaban J connectivity index is 2.43. The predicted molar refractivity (Wildman–Crippen MR) is 148 cm³/mol. The molecule has 1 aromatic rings. The number of hydrogen-bond acceptors (Lipinski definition) is 4. The lowest BCUT2D eigenvalue weighted by molar-refractivity contribution is -0.142. The number of benzene rings is 1. The van der Waals surface area contributed by atoms with Gasteiger partial charge in [-0.05, 0) is 63.5 Å². The van der Waals surface area contributed by atoms with Crippen LogP contribution in [0.25, 0.3) is 0 Å². The zero-order valence-electron chi connectivity index (χ0n) is 23.6. The van der Waals surface area contributed by atoms with Crippen molar-refractivity contribution in [2.24, 2.45) is 5.92 Å². The van der Waals surface area contributed by atoms with Crippen LogP contribution in [0.3, 0.4) is 0 Å². The molecule has 7 nitrogen and oxygen atoms in total. The zero-order valence-corrected chi connectivity index (χ0v) is 23.6. The van der Waals surface area contributed by atoms with Crippen LogP contribution < -0.4 is 10.6 Å². The van der Waals surface area contributed by atoms with E-state index in [9.17, 15) is 14.4 Å². The summed E-state index contributed by atoms with van der Waals surface area (Å²) in [5.74, 6) is -0.400. The summed E-state index contributed by atoms with van der Waals surface area (Å²) < 4.78 is 5.44. The molecule has 1 aliphatic rings. The van der Waals surface area contributed by atoms with E-state index in [1.807, 2.05) is 38.1 Å². The summed E-state index contributed by atoms with van der Waals surface area (Å²) in [4.78, 5) is 42.0. The van der Waals surface area contributed by atoms with Gasteiger partial charge in [-0.3, -0.25) is 9.59 Å². The van der Waals surface area contributed by atoms with E-state index in [0.717, 1.165) is 43.2 Å². The minimum atomic E-state index is -0.839. The predicted octanol–water partition coefficient (Wildman–Crippen LogP) is 5.69. The Kier molecular flexibility index (Phi) is 11.7. The first-order valence-corrected chi connectivity index (χ1v) is 13.7. The molecule has 2 rings (SSSR count). The second-order valence-corrected chi connectivity index (χ2v) is 11.4. The van der Waals surface area contributed by atoms with Crippen LogP contribution >= 0.6 is 0 Å². The molecule has 1 aliphatic carbocycles. The van der Waals surface area contributed by atoms with Gasteiger partial charge in [0.2, 0.25) is 11.8 Å². The fourth-order valence-electron chi connectivity index (χ4n) is 4.74. The Hall–Kier alpha value is -2.83. The van der Waals surface area contributed by atoms with Crippen LogP contribution in [-0.2, 0) is 20.7 Å². The number of ether oxygens (including phenoxy) is 1. The lowest BCUT2D eigenvalue weighted by Crippen LogP contribution is -2.54. The first kappa shape index (κ1) is 30.4. The van der Waals surface area contributed by atoms with Gasteiger partial charge < -0.3 is 20.3 Å². The number of nitrogens with one attached hydrogen (secondary N) is 2. The van der Waals surface area contributed by atoms with Gasteiger partial charge >= 0.3 is 6.09 Å². The van der Waals surface area contributed by atoms with E-state index in [2.05, 4.69) is 24.1 Å². The Bertz CT molecular complexity index is 898. The summed E-state index contributed by atoms with van der Waals surface area (Å²) in [6, 6.07) is 6.26. The average molecular weight is 514 g/mol. The molecule has 1 fully saturated rings. The highest BCUT2D eigenvalue weighted by Crippen LogP contribution is 2.26. The number of alkyl carbamates (subject to hydrolysis) is 1. The van der Waals surface area contributed by atoms with Crippen LogP contribution in [-0.4, -0.2) is 47.0 Å². The molecule has 0 spiro atoms. The highest BCUT2D eigenvalue weighted by Gasteiger charge is 2.36. The van der Waals surface area contributed by atoms with Crippen LogP contribution in [0.2, 0.25) is 0 Å². The number of amides is 3. The van der Waals surface area contributed by atoms with Crippen LogP contribution in [0.4, 0.5) is 4.79 Å². The van der Waals surface area contributed by atoms with E-state index in [-0.39, 0.29) is 30.3 Å². The monoisotopic (exact) mass is 513 g/mol. The molecule has 2 atom stereocenters. The van der Waals surface area contributed by atoms with Crippen LogP contribution in [0.5, 0.6) is 0 Å². The molecule has 3 amide bonds. The first-order chi connectivity index (χ1) is 17.4. The van der Waals surface area contributed by atoms with Gasteiger partial charge in [-0.15, -0.1) is 6.58 Å². The first-order valence-electron chi connectivity index (χ1n) is 13.7. The van der Waals surface area contributed by atoms with E-state index >= 15 is 0 Å². The van der Waals surface area contributed by atoms with Gasteiger partial charge in [-0.25, -0.2) is 4.79 Å². The molecular formula is C30H47N3O4.